The maximum Gasteiger partial charge on any atom is 0.343 e. The van der Waals surface area contributed by atoms with E-state index in [4.69, 9.17) is 24.9 Å². The minimum absolute atomic E-state index is 0.0999. The molecule has 0 fully saturated rings. The van der Waals surface area contributed by atoms with Crippen molar-refractivity contribution in [2.45, 2.75) is 51.0 Å². The summed E-state index contributed by atoms with van der Waals surface area (Å²) in [6.07, 6.45) is 1.61. The maximum atomic E-state index is 13.5. The van der Waals surface area contributed by atoms with E-state index in [1.807, 2.05) is 6.07 Å². The first-order valence-electron chi connectivity index (χ1n) is 11.1. The minimum Gasteiger partial charge on any atom is -0.458 e. The molecule has 0 radical (unpaired) electrons. The summed E-state index contributed by atoms with van der Waals surface area (Å²) in [4.78, 5) is 30.8. The van der Waals surface area contributed by atoms with Crippen molar-refractivity contribution in [3.63, 3.8) is 0 Å². The highest BCUT2D eigenvalue weighted by molar-refractivity contribution is 5.95. The molecule has 0 bridgehead atoms. The number of rotatable bonds is 1. The first-order chi connectivity index (χ1) is 15.9. The third-order valence-corrected chi connectivity index (χ3v) is 7.53. The summed E-state index contributed by atoms with van der Waals surface area (Å²) in [5, 5.41) is 12.1. The molecule has 7 rings (SSSR count). The molecule has 3 N–H and O–H groups in total. The van der Waals surface area contributed by atoms with Gasteiger partial charge in [-0.05, 0) is 30.9 Å². The summed E-state index contributed by atoms with van der Waals surface area (Å²) in [6.45, 7) is 2.04. The number of carbonyl (C=O) groups is 1. The number of ether oxygens (including phenoxy) is 3. The van der Waals surface area contributed by atoms with E-state index in [1.165, 1.54) is 0 Å². The van der Waals surface area contributed by atoms with E-state index < -0.39 is 11.6 Å². The van der Waals surface area contributed by atoms with Crippen molar-refractivity contribution in [1.82, 2.24) is 9.55 Å². The number of nitrogens with zero attached hydrogens (tertiary/aromatic N) is 2. The molecule has 2 atom stereocenters. The van der Waals surface area contributed by atoms with Crippen LogP contribution in [-0.4, -0.2) is 27.4 Å². The largest absolute Gasteiger partial charge is 0.458 e. The topological polar surface area (TPSA) is 126 Å². The van der Waals surface area contributed by atoms with E-state index in [2.05, 4.69) is 0 Å². The lowest BCUT2D eigenvalue weighted by Gasteiger charge is -2.31. The highest BCUT2D eigenvalue weighted by Gasteiger charge is 2.46. The Morgan fingerprint density at radius 1 is 1.21 bits per heavy atom. The Balaban J connectivity index is 1.56. The summed E-state index contributed by atoms with van der Waals surface area (Å²) in [6, 6.07) is 3.39. The summed E-state index contributed by atoms with van der Waals surface area (Å²) in [5.41, 5.74) is 9.98. The maximum absolute atomic E-state index is 13.5. The number of nitrogens with two attached hydrogens (primary N) is 1. The molecule has 4 aliphatic rings. The van der Waals surface area contributed by atoms with E-state index >= 15 is 0 Å². The smallest absolute Gasteiger partial charge is 0.343 e. The number of pyridine rings is 2. The van der Waals surface area contributed by atoms with Crippen molar-refractivity contribution in [2.24, 2.45) is 5.73 Å². The van der Waals surface area contributed by atoms with Crippen molar-refractivity contribution in [3.8, 4) is 22.9 Å². The molecule has 9 nitrogen and oxygen atoms in total. The van der Waals surface area contributed by atoms with Crippen LogP contribution in [0.1, 0.15) is 53.6 Å². The summed E-state index contributed by atoms with van der Waals surface area (Å²) >= 11 is 0. The van der Waals surface area contributed by atoms with Crippen molar-refractivity contribution in [1.29, 1.82) is 0 Å². The molecule has 5 heterocycles. The van der Waals surface area contributed by atoms with Crippen molar-refractivity contribution < 1.29 is 24.1 Å². The molecule has 1 aromatic carbocycles. The molecule has 3 aliphatic heterocycles. The predicted octanol–water partition coefficient (Wildman–Crippen LogP) is 1.75. The van der Waals surface area contributed by atoms with Crippen LogP contribution in [0.4, 0.5) is 0 Å². The lowest BCUT2D eigenvalue weighted by atomic mass is 9.83. The molecule has 0 spiro atoms. The number of hydrogen-bond donors (Lipinski definition) is 2. The third kappa shape index (κ3) is 2.21. The molecular formula is C24H21N3O6. The predicted molar refractivity (Wildman–Crippen MR) is 116 cm³/mol. The molecular weight excluding hydrogens is 426 g/mol. The van der Waals surface area contributed by atoms with Gasteiger partial charge in [-0.15, -0.1) is 0 Å². The van der Waals surface area contributed by atoms with Gasteiger partial charge in [0.25, 0.3) is 5.56 Å². The summed E-state index contributed by atoms with van der Waals surface area (Å²) in [5.74, 6) is 0.681. The van der Waals surface area contributed by atoms with Gasteiger partial charge in [-0.25, -0.2) is 9.78 Å². The number of carbonyl (C=O) groups excluding carboxylic acids is 1. The van der Waals surface area contributed by atoms with Gasteiger partial charge in [-0.1, -0.05) is 6.92 Å². The highest BCUT2D eigenvalue weighted by atomic mass is 16.7. The normalized spacial score (nSPS) is 23.8. The van der Waals surface area contributed by atoms with Crippen molar-refractivity contribution in [3.05, 3.63) is 50.3 Å². The average Bonchev–Trinajstić information content (AvgIpc) is 3.43. The highest BCUT2D eigenvalue weighted by Crippen LogP contribution is 2.49. The van der Waals surface area contributed by atoms with Gasteiger partial charge in [0.2, 0.25) is 6.79 Å². The molecule has 0 amide bonds. The second-order valence-electron chi connectivity index (χ2n) is 9.08. The molecule has 168 valence electrons. The van der Waals surface area contributed by atoms with Crippen LogP contribution in [0.15, 0.2) is 16.9 Å². The van der Waals surface area contributed by atoms with Gasteiger partial charge in [0, 0.05) is 34.2 Å². The van der Waals surface area contributed by atoms with E-state index in [0.717, 1.165) is 46.2 Å². The van der Waals surface area contributed by atoms with Gasteiger partial charge in [0.05, 0.1) is 29.0 Å². The van der Waals surface area contributed by atoms with E-state index in [0.29, 0.717) is 34.8 Å². The van der Waals surface area contributed by atoms with Crippen molar-refractivity contribution >= 4 is 16.9 Å². The lowest BCUT2D eigenvalue weighted by molar-refractivity contribution is -0.172. The Morgan fingerprint density at radius 2 is 2.06 bits per heavy atom. The van der Waals surface area contributed by atoms with E-state index in [9.17, 15) is 14.7 Å². The first-order valence-corrected chi connectivity index (χ1v) is 11.1. The fraction of sp³-hybridized carbons (Fsp3) is 0.375. The Labute approximate surface area is 187 Å². The van der Waals surface area contributed by atoms with Crippen LogP contribution in [0.5, 0.6) is 11.5 Å². The molecule has 2 aromatic heterocycles. The SMILES string of the molecule is CC[C@@]1(O)C(=O)OCc2c1cc1n(c2=O)Cc2c-1nc1cc3c(c4c1c2[C@@H](N)CC4)OCO3. The molecule has 0 unspecified atom stereocenters. The molecule has 33 heavy (non-hydrogen) atoms. The van der Waals surface area contributed by atoms with Crippen LogP contribution in [0.2, 0.25) is 0 Å². The van der Waals surface area contributed by atoms with Crippen molar-refractivity contribution in [2.75, 3.05) is 6.79 Å². The monoisotopic (exact) mass is 447 g/mol. The number of cyclic esters (lactones) is 1. The quantitative estimate of drug-likeness (QED) is 0.423. The summed E-state index contributed by atoms with van der Waals surface area (Å²) < 4.78 is 18.2. The Hall–Kier alpha value is -3.43. The number of fused-ring (bicyclic) bond motifs is 7. The van der Waals surface area contributed by atoms with Gasteiger partial charge in [0.1, 0.15) is 6.61 Å². The number of aliphatic hydroxyl groups is 1. The van der Waals surface area contributed by atoms with E-state index in [1.54, 1.807) is 17.6 Å². The van der Waals surface area contributed by atoms with Crippen LogP contribution in [0.25, 0.3) is 22.3 Å². The van der Waals surface area contributed by atoms with Crippen LogP contribution >= 0.6 is 0 Å². The van der Waals surface area contributed by atoms with Crippen LogP contribution in [0.3, 0.4) is 0 Å². The number of esters is 1. The van der Waals surface area contributed by atoms with Gasteiger partial charge >= 0.3 is 5.97 Å². The zero-order valence-electron chi connectivity index (χ0n) is 17.9. The van der Waals surface area contributed by atoms with Gasteiger partial charge < -0.3 is 29.6 Å². The molecule has 0 saturated carbocycles. The Kier molecular flexibility index (Phi) is 3.54. The molecule has 3 aromatic rings. The number of aromatic nitrogens is 2. The van der Waals surface area contributed by atoms with Gasteiger partial charge in [-0.2, -0.15) is 0 Å². The number of hydrogen-bond acceptors (Lipinski definition) is 8. The van der Waals surface area contributed by atoms with E-state index in [-0.39, 0.29) is 31.4 Å². The zero-order valence-corrected chi connectivity index (χ0v) is 17.9. The van der Waals surface area contributed by atoms with Crippen LogP contribution in [-0.2, 0) is 34.7 Å². The summed E-state index contributed by atoms with van der Waals surface area (Å²) in [7, 11) is 0. The minimum atomic E-state index is -1.86. The average molecular weight is 447 g/mol. The lowest BCUT2D eigenvalue weighted by Crippen LogP contribution is -2.44. The number of benzene rings is 1. The number of aryl methyl sites for hydroxylation is 1. The molecule has 1 aliphatic carbocycles. The second-order valence-corrected chi connectivity index (χ2v) is 9.08. The van der Waals surface area contributed by atoms with Crippen LogP contribution in [0, 0.1) is 0 Å². The fourth-order valence-corrected chi connectivity index (χ4v) is 5.83. The van der Waals surface area contributed by atoms with Gasteiger partial charge in [0.15, 0.2) is 17.1 Å². The molecule has 0 saturated heterocycles. The third-order valence-electron chi connectivity index (χ3n) is 7.53. The first kappa shape index (κ1) is 19.1. The fourth-order valence-electron chi connectivity index (χ4n) is 5.83. The molecule has 9 heteroatoms. The standard InChI is InChI=1S/C24H21N3O6/c1-2-24(30)13-5-16-20-11(7-27(16)22(28)12(13)8-31-23(24)29)18-14(25)4-3-10-19(18)15(26-20)6-17-21(10)33-9-32-17/h5-6,14,30H,2-4,7-9,25H2,1H3/t14-,24-/m0/s1. The Bertz CT molecular complexity index is 1490. The second kappa shape index (κ2) is 6.12. The van der Waals surface area contributed by atoms with Gasteiger partial charge in [-0.3, -0.25) is 4.79 Å². The zero-order chi connectivity index (χ0) is 22.6. The van der Waals surface area contributed by atoms with Crippen LogP contribution < -0.4 is 20.8 Å². The Morgan fingerprint density at radius 3 is 2.88 bits per heavy atom.